The molecule has 2 fully saturated rings. The van der Waals surface area contributed by atoms with E-state index in [4.69, 9.17) is 4.74 Å². The summed E-state index contributed by atoms with van der Waals surface area (Å²) >= 11 is 0. The van der Waals surface area contributed by atoms with Crippen molar-refractivity contribution in [2.24, 2.45) is 0 Å². The molecule has 0 amide bonds. The minimum atomic E-state index is -3.71. The molecule has 1 aromatic carbocycles. The van der Waals surface area contributed by atoms with Gasteiger partial charge >= 0.3 is 0 Å². The van der Waals surface area contributed by atoms with E-state index in [9.17, 15) is 18.5 Å². The van der Waals surface area contributed by atoms with Crippen molar-refractivity contribution in [3.63, 3.8) is 0 Å². The summed E-state index contributed by atoms with van der Waals surface area (Å²) in [5.41, 5.74) is -0.295. The van der Waals surface area contributed by atoms with Gasteiger partial charge in [0.2, 0.25) is 10.0 Å². The van der Waals surface area contributed by atoms with Crippen LogP contribution < -0.4 is 4.72 Å². The highest BCUT2D eigenvalue weighted by Gasteiger charge is 2.39. The molecule has 26 heavy (non-hydrogen) atoms. The fourth-order valence-electron chi connectivity index (χ4n) is 3.91. The van der Waals surface area contributed by atoms with Crippen LogP contribution in [0, 0.1) is 10.1 Å². The smallest absolute Gasteiger partial charge is 0.269 e. The maximum Gasteiger partial charge on any atom is 0.269 e. The molecule has 1 heterocycles. The SMILES string of the molecule is O=[N+]([O-])c1ccc(S(=O)(=O)NCC2(N3CCOCC3)CCCCC2)cc1. The number of nitrogens with one attached hydrogen (secondary N) is 1. The molecule has 0 radical (unpaired) electrons. The van der Waals surface area contributed by atoms with Crippen molar-refractivity contribution < 1.29 is 18.1 Å². The van der Waals surface area contributed by atoms with Crippen molar-refractivity contribution in [1.29, 1.82) is 0 Å². The summed E-state index contributed by atoms with van der Waals surface area (Å²) in [6.07, 6.45) is 5.31. The summed E-state index contributed by atoms with van der Waals surface area (Å²) in [5.74, 6) is 0. The number of benzene rings is 1. The molecule has 3 rings (SSSR count). The second kappa shape index (κ2) is 7.99. The topological polar surface area (TPSA) is 102 Å². The third-order valence-corrected chi connectivity index (χ3v) is 6.83. The van der Waals surface area contributed by atoms with E-state index < -0.39 is 14.9 Å². The summed E-state index contributed by atoms with van der Waals surface area (Å²) < 4.78 is 33.5. The Kier molecular flexibility index (Phi) is 5.91. The maximum atomic E-state index is 12.7. The largest absolute Gasteiger partial charge is 0.379 e. The van der Waals surface area contributed by atoms with Crippen molar-refractivity contribution >= 4 is 15.7 Å². The van der Waals surface area contributed by atoms with Crippen molar-refractivity contribution in [3.8, 4) is 0 Å². The first kappa shape index (κ1) is 19.2. The van der Waals surface area contributed by atoms with E-state index in [0.717, 1.165) is 38.8 Å². The van der Waals surface area contributed by atoms with E-state index in [-0.39, 0.29) is 16.1 Å². The van der Waals surface area contributed by atoms with Crippen molar-refractivity contribution in [2.75, 3.05) is 32.8 Å². The van der Waals surface area contributed by atoms with E-state index in [1.807, 2.05) is 0 Å². The second-order valence-electron chi connectivity index (χ2n) is 6.96. The minimum Gasteiger partial charge on any atom is -0.379 e. The van der Waals surface area contributed by atoms with E-state index in [2.05, 4.69) is 9.62 Å². The Morgan fingerprint density at radius 1 is 1.12 bits per heavy atom. The molecule has 144 valence electrons. The molecule has 1 saturated heterocycles. The number of nitrogens with zero attached hydrogens (tertiary/aromatic N) is 2. The average Bonchev–Trinajstić information content (AvgIpc) is 2.68. The van der Waals surface area contributed by atoms with Crippen LogP contribution in [-0.4, -0.2) is 56.6 Å². The fourth-order valence-corrected chi connectivity index (χ4v) is 5.03. The first-order chi connectivity index (χ1) is 12.4. The molecule has 9 heteroatoms. The molecule has 2 aliphatic rings. The number of nitro groups is 1. The summed E-state index contributed by atoms with van der Waals surface area (Å²) in [5, 5.41) is 10.7. The van der Waals surface area contributed by atoms with Gasteiger partial charge in [-0.3, -0.25) is 15.0 Å². The van der Waals surface area contributed by atoms with Crippen LogP contribution in [0.25, 0.3) is 0 Å². The van der Waals surface area contributed by atoms with Gasteiger partial charge in [-0.1, -0.05) is 19.3 Å². The number of sulfonamides is 1. The summed E-state index contributed by atoms with van der Waals surface area (Å²) in [6.45, 7) is 3.35. The standard InChI is InChI=1S/C17H25N3O5S/c21-20(22)15-4-6-16(7-5-15)26(23,24)18-14-17(8-2-1-3-9-17)19-10-12-25-13-11-19/h4-7,18H,1-3,8-14H2. The summed E-state index contributed by atoms with van der Waals surface area (Å²) in [7, 11) is -3.71. The summed E-state index contributed by atoms with van der Waals surface area (Å²) in [6, 6.07) is 4.99. The van der Waals surface area contributed by atoms with Gasteiger partial charge in [0.1, 0.15) is 0 Å². The number of hydrogen-bond acceptors (Lipinski definition) is 6. The Hall–Kier alpha value is -1.55. The van der Waals surface area contributed by atoms with Gasteiger partial charge in [0.05, 0.1) is 23.0 Å². The third-order valence-electron chi connectivity index (χ3n) is 5.42. The van der Waals surface area contributed by atoms with Gasteiger partial charge in [0, 0.05) is 37.3 Å². The van der Waals surface area contributed by atoms with Crippen LogP contribution in [0.2, 0.25) is 0 Å². The monoisotopic (exact) mass is 383 g/mol. The number of morpholine rings is 1. The zero-order valence-corrected chi connectivity index (χ0v) is 15.5. The summed E-state index contributed by atoms with van der Waals surface area (Å²) in [4.78, 5) is 12.6. The number of ether oxygens (including phenoxy) is 1. The molecule has 0 atom stereocenters. The number of nitro benzene ring substituents is 1. The van der Waals surface area contributed by atoms with Crippen LogP contribution in [0.15, 0.2) is 29.2 Å². The van der Waals surface area contributed by atoms with Gasteiger partial charge in [-0.05, 0) is 25.0 Å². The maximum absolute atomic E-state index is 12.7. The third kappa shape index (κ3) is 4.22. The lowest BCUT2D eigenvalue weighted by molar-refractivity contribution is -0.384. The molecule has 0 spiro atoms. The van der Waals surface area contributed by atoms with Crippen LogP contribution >= 0.6 is 0 Å². The number of non-ortho nitro benzene ring substituents is 1. The number of rotatable bonds is 6. The quantitative estimate of drug-likeness (QED) is 0.595. The van der Waals surface area contributed by atoms with Gasteiger partial charge < -0.3 is 4.74 Å². The van der Waals surface area contributed by atoms with E-state index in [1.165, 1.54) is 30.7 Å². The molecule has 0 bridgehead atoms. The number of hydrogen-bond donors (Lipinski definition) is 1. The van der Waals surface area contributed by atoms with Gasteiger partial charge in [-0.25, -0.2) is 13.1 Å². The normalized spacial score (nSPS) is 21.4. The van der Waals surface area contributed by atoms with Crippen LogP contribution in [0.5, 0.6) is 0 Å². The lowest BCUT2D eigenvalue weighted by Crippen LogP contribution is -2.59. The zero-order valence-electron chi connectivity index (χ0n) is 14.7. The predicted octanol–water partition coefficient (Wildman–Crippen LogP) is 1.91. The molecule has 1 N–H and O–H groups in total. The van der Waals surface area contributed by atoms with Gasteiger partial charge in [0.25, 0.3) is 5.69 Å². The Morgan fingerprint density at radius 2 is 1.73 bits per heavy atom. The molecule has 0 unspecified atom stereocenters. The fraction of sp³-hybridized carbons (Fsp3) is 0.647. The van der Waals surface area contributed by atoms with Gasteiger partial charge in [-0.15, -0.1) is 0 Å². The molecule has 1 aliphatic heterocycles. The lowest BCUT2D eigenvalue weighted by atomic mass is 9.80. The Morgan fingerprint density at radius 3 is 2.31 bits per heavy atom. The molecule has 1 aliphatic carbocycles. The van der Waals surface area contributed by atoms with E-state index in [1.54, 1.807) is 0 Å². The Labute approximate surface area is 153 Å². The van der Waals surface area contributed by atoms with Gasteiger partial charge in [0.15, 0.2) is 0 Å². The second-order valence-corrected chi connectivity index (χ2v) is 8.73. The van der Waals surface area contributed by atoms with Crippen LogP contribution in [-0.2, 0) is 14.8 Å². The molecule has 8 nitrogen and oxygen atoms in total. The van der Waals surface area contributed by atoms with Crippen LogP contribution in [0.3, 0.4) is 0 Å². The highest BCUT2D eigenvalue weighted by molar-refractivity contribution is 7.89. The zero-order chi connectivity index (χ0) is 18.6. The van der Waals surface area contributed by atoms with Crippen molar-refractivity contribution in [2.45, 2.75) is 42.5 Å². The molecular weight excluding hydrogens is 358 g/mol. The molecule has 1 aromatic rings. The lowest BCUT2D eigenvalue weighted by Gasteiger charge is -2.48. The van der Waals surface area contributed by atoms with Crippen LogP contribution in [0.1, 0.15) is 32.1 Å². The first-order valence-corrected chi connectivity index (χ1v) is 10.5. The first-order valence-electron chi connectivity index (χ1n) is 9.00. The van der Waals surface area contributed by atoms with Gasteiger partial charge in [-0.2, -0.15) is 0 Å². The average molecular weight is 383 g/mol. The van der Waals surface area contributed by atoms with E-state index >= 15 is 0 Å². The van der Waals surface area contributed by atoms with E-state index in [0.29, 0.717) is 19.8 Å². The van der Waals surface area contributed by atoms with Crippen molar-refractivity contribution in [3.05, 3.63) is 34.4 Å². The molecular formula is C17H25N3O5S. The Bertz CT molecular complexity index is 723. The molecule has 0 aromatic heterocycles. The minimum absolute atomic E-state index is 0.0519. The van der Waals surface area contributed by atoms with Crippen LogP contribution in [0.4, 0.5) is 5.69 Å². The predicted molar refractivity (Wildman–Crippen MR) is 96.5 cm³/mol. The highest BCUT2D eigenvalue weighted by atomic mass is 32.2. The Balaban J connectivity index is 1.73. The highest BCUT2D eigenvalue weighted by Crippen LogP contribution is 2.34. The molecule has 1 saturated carbocycles. The van der Waals surface area contributed by atoms with Crippen molar-refractivity contribution in [1.82, 2.24) is 9.62 Å².